The highest BCUT2D eigenvalue weighted by molar-refractivity contribution is 5.44. The van der Waals surface area contributed by atoms with Crippen LogP contribution in [-0.4, -0.2) is 20.6 Å². The van der Waals surface area contributed by atoms with Gasteiger partial charge in [-0.1, -0.05) is 6.07 Å². The predicted molar refractivity (Wildman–Crippen MR) is 70.6 cm³/mol. The van der Waals surface area contributed by atoms with E-state index in [4.69, 9.17) is 0 Å². The Morgan fingerprint density at radius 1 is 1.22 bits per heavy atom. The number of hydrogen-bond donors (Lipinski definition) is 1. The molecule has 2 aliphatic rings. The molecule has 4 rings (SSSR count). The van der Waals surface area contributed by atoms with Crippen molar-refractivity contribution in [1.82, 2.24) is 14.6 Å². The minimum atomic E-state index is 0.614. The predicted octanol–water partition coefficient (Wildman–Crippen LogP) is 2.64. The minimum Gasteiger partial charge on any atom is -0.350 e. The summed E-state index contributed by atoms with van der Waals surface area (Å²) >= 11 is 0. The van der Waals surface area contributed by atoms with Gasteiger partial charge in [-0.05, 0) is 56.1 Å². The third-order valence-electron chi connectivity index (χ3n) is 4.03. The number of fused-ring (bicyclic) bond motifs is 1. The van der Waals surface area contributed by atoms with E-state index < -0.39 is 0 Å². The highest BCUT2D eigenvalue weighted by Crippen LogP contribution is 2.45. The van der Waals surface area contributed by atoms with Gasteiger partial charge < -0.3 is 5.32 Å². The first-order chi connectivity index (χ1) is 8.79. The average molecular weight is 242 g/mol. The first-order valence-corrected chi connectivity index (χ1v) is 6.89. The first-order valence-electron chi connectivity index (χ1n) is 6.89. The van der Waals surface area contributed by atoms with Gasteiger partial charge in [0.25, 0.3) is 0 Å². The maximum absolute atomic E-state index is 4.55. The Morgan fingerprint density at radius 2 is 1.94 bits per heavy atom. The molecular formula is C14H18N4. The van der Waals surface area contributed by atoms with Crippen LogP contribution in [0.15, 0.2) is 18.3 Å². The second-order valence-electron chi connectivity index (χ2n) is 5.79. The number of nitrogens with zero attached hydrogens (tertiary/aromatic N) is 3. The van der Waals surface area contributed by atoms with Crippen molar-refractivity contribution in [1.29, 1.82) is 0 Å². The summed E-state index contributed by atoms with van der Waals surface area (Å²) in [5, 5.41) is 8.10. The fraction of sp³-hybridized carbons (Fsp3) is 0.571. The second-order valence-corrected chi connectivity index (χ2v) is 5.79. The molecule has 0 spiro atoms. The third-order valence-corrected chi connectivity index (χ3v) is 4.03. The van der Waals surface area contributed by atoms with Gasteiger partial charge in [-0.15, -0.1) is 5.10 Å². The maximum Gasteiger partial charge on any atom is 0.243 e. The molecule has 0 aliphatic heterocycles. The van der Waals surface area contributed by atoms with Crippen LogP contribution in [0.2, 0.25) is 0 Å². The average Bonchev–Trinajstić information content (AvgIpc) is 3.23. The van der Waals surface area contributed by atoms with Crippen LogP contribution in [-0.2, 0) is 0 Å². The molecule has 94 valence electrons. The highest BCUT2D eigenvalue weighted by atomic mass is 15.3. The number of anilines is 1. The molecule has 2 aromatic rings. The van der Waals surface area contributed by atoms with Gasteiger partial charge in [-0.2, -0.15) is 4.98 Å². The van der Waals surface area contributed by atoms with Gasteiger partial charge in [0.15, 0.2) is 5.65 Å². The van der Waals surface area contributed by atoms with Crippen LogP contribution in [0, 0.1) is 18.8 Å². The van der Waals surface area contributed by atoms with Crippen molar-refractivity contribution >= 4 is 11.6 Å². The van der Waals surface area contributed by atoms with Crippen LogP contribution in [0.3, 0.4) is 0 Å². The quantitative estimate of drug-likeness (QED) is 0.896. The van der Waals surface area contributed by atoms with Gasteiger partial charge >= 0.3 is 0 Å². The summed E-state index contributed by atoms with van der Waals surface area (Å²) in [6.07, 6.45) is 7.53. The third kappa shape index (κ3) is 1.85. The lowest BCUT2D eigenvalue weighted by Crippen LogP contribution is -2.24. The lowest BCUT2D eigenvalue weighted by Gasteiger charge is -2.15. The van der Waals surface area contributed by atoms with E-state index in [0.29, 0.717) is 6.04 Å². The number of pyridine rings is 1. The number of aryl methyl sites for hydroxylation is 1. The molecule has 2 aliphatic carbocycles. The molecule has 18 heavy (non-hydrogen) atoms. The van der Waals surface area contributed by atoms with Crippen molar-refractivity contribution < 1.29 is 0 Å². The number of rotatable bonds is 4. The topological polar surface area (TPSA) is 42.2 Å². The summed E-state index contributed by atoms with van der Waals surface area (Å²) in [7, 11) is 0. The van der Waals surface area contributed by atoms with Gasteiger partial charge in [0.1, 0.15) is 0 Å². The summed E-state index contributed by atoms with van der Waals surface area (Å²) in [6.45, 7) is 2.07. The second kappa shape index (κ2) is 3.70. The summed E-state index contributed by atoms with van der Waals surface area (Å²) in [5.74, 6) is 2.53. The first kappa shape index (κ1) is 10.4. The molecule has 4 heteroatoms. The Labute approximate surface area is 106 Å². The zero-order chi connectivity index (χ0) is 12.1. The Balaban J connectivity index is 1.61. The van der Waals surface area contributed by atoms with Crippen LogP contribution < -0.4 is 5.32 Å². The molecule has 0 amide bonds. The molecule has 2 fully saturated rings. The summed E-state index contributed by atoms with van der Waals surface area (Å²) in [5.41, 5.74) is 2.13. The van der Waals surface area contributed by atoms with E-state index in [9.17, 15) is 0 Å². The smallest absolute Gasteiger partial charge is 0.243 e. The zero-order valence-electron chi connectivity index (χ0n) is 10.6. The van der Waals surface area contributed by atoms with Gasteiger partial charge in [0.2, 0.25) is 5.95 Å². The van der Waals surface area contributed by atoms with Crippen LogP contribution >= 0.6 is 0 Å². The van der Waals surface area contributed by atoms with Crippen molar-refractivity contribution in [3.05, 3.63) is 23.9 Å². The molecule has 0 radical (unpaired) electrons. The van der Waals surface area contributed by atoms with Crippen LogP contribution in [0.4, 0.5) is 5.95 Å². The summed E-state index contributed by atoms with van der Waals surface area (Å²) in [6, 6.07) is 4.72. The SMILES string of the molecule is Cc1ccc2nc(NC(C3CC3)C3CC3)nn2c1. The Bertz CT molecular complexity index is 568. The molecule has 0 saturated heterocycles. The summed E-state index contributed by atoms with van der Waals surface area (Å²) < 4.78 is 1.87. The standard InChI is InChI=1S/C14H18N4/c1-9-2-7-12-15-14(17-18(12)8-9)16-13(10-3-4-10)11-5-6-11/h2,7-8,10-11,13H,3-6H2,1H3,(H,16,17). The van der Waals surface area contributed by atoms with Crippen molar-refractivity contribution in [3.8, 4) is 0 Å². The van der Waals surface area contributed by atoms with Crippen LogP contribution in [0.25, 0.3) is 5.65 Å². The van der Waals surface area contributed by atoms with Gasteiger partial charge in [-0.25, -0.2) is 4.52 Å². The maximum atomic E-state index is 4.55. The van der Waals surface area contributed by atoms with Crippen molar-refractivity contribution in [2.75, 3.05) is 5.32 Å². The van der Waals surface area contributed by atoms with E-state index in [2.05, 4.69) is 28.4 Å². The molecule has 0 bridgehead atoms. The van der Waals surface area contributed by atoms with E-state index in [0.717, 1.165) is 23.4 Å². The Hall–Kier alpha value is -1.58. The molecule has 1 N–H and O–H groups in total. The molecule has 2 saturated carbocycles. The van der Waals surface area contributed by atoms with Crippen molar-refractivity contribution in [3.63, 3.8) is 0 Å². The number of aromatic nitrogens is 3. The molecule has 2 heterocycles. The lowest BCUT2D eigenvalue weighted by atomic mass is 10.1. The van der Waals surface area contributed by atoms with Crippen molar-refractivity contribution in [2.45, 2.75) is 38.6 Å². The fourth-order valence-electron chi connectivity index (χ4n) is 2.73. The highest BCUT2D eigenvalue weighted by Gasteiger charge is 2.41. The molecule has 0 aromatic carbocycles. The molecule has 0 unspecified atom stereocenters. The summed E-state index contributed by atoms with van der Waals surface area (Å²) in [4.78, 5) is 4.55. The van der Waals surface area contributed by atoms with E-state index in [1.54, 1.807) is 0 Å². The van der Waals surface area contributed by atoms with Crippen LogP contribution in [0.1, 0.15) is 31.2 Å². The largest absolute Gasteiger partial charge is 0.350 e. The van der Waals surface area contributed by atoms with E-state index >= 15 is 0 Å². The number of hydrogen-bond acceptors (Lipinski definition) is 3. The minimum absolute atomic E-state index is 0.614. The van der Waals surface area contributed by atoms with Crippen LogP contribution in [0.5, 0.6) is 0 Å². The molecular weight excluding hydrogens is 224 g/mol. The number of nitrogens with one attached hydrogen (secondary N) is 1. The monoisotopic (exact) mass is 242 g/mol. The normalized spacial score (nSPS) is 19.7. The van der Waals surface area contributed by atoms with E-state index in [1.807, 2.05) is 16.8 Å². The molecule has 4 nitrogen and oxygen atoms in total. The van der Waals surface area contributed by atoms with E-state index in [-0.39, 0.29) is 0 Å². The van der Waals surface area contributed by atoms with Gasteiger partial charge in [-0.3, -0.25) is 0 Å². The molecule has 2 aromatic heterocycles. The zero-order valence-corrected chi connectivity index (χ0v) is 10.6. The lowest BCUT2D eigenvalue weighted by molar-refractivity contribution is 0.563. The fourth-order valence-corrected chi connectivity index (χ4v) is 2.73. The Kier molecular flexibility index (Phi) is 2.13. The Morgan fingerprint density at radius 3 is 2.61 bits per heavy atom. The van der Waals surface area contributed by atoms with Crippen molar-refractivity contribution in [2.24, 2.45) is 11.8 Å². The van der Waals surface area contributed by atoms with E-state index in [1.165, 1.54) is 31.2 Å². The molecule has 0 atom stereocenters. The van der Waals surface area contributed by atoms with Gasteiger partial charge in [0.05, 0.1) is 0 Å². The van der Waals surface area contributed by atoms with Gasteiger partial charge in [0, 0.05) is 12.2 Å².